The Hall–Kier alpha value is -3.10. The molecule has 0 N–H and O–H groups in total. The zero-order chi connectivity index (χ0) is 22.8. The van der Waals surface area contributed by atoms with Gasteiger partial charge in [0.15, 0.2) is 5.82 Å². The van der Waals surface area contributed by atoms with E-state index in [9.17, 15) is 4.39 Å². The third kappa shape index (κ3) is 4.67. The molecule has 0 amide bonds. The highest BCUT2D eigenvalue weighted by molar-refractivity contribution is 7.10. The fourth-order valence-electron chi connectivity index (χ4n) is 4.48. The van der Waals surface area contributed by atoms with Crippen LogP contribution in [0.4, 0.5) is 10.1 Å². The number of benzene rings is 2. The van der Waals surface area contributed by atoms with Crippen LogP contribution in [0.1, 0.15) is 33.4 Å². The Kier molecular flexibility index (Phi) is 6.20. The van der Waals surface area contributed by atoms with E-state index in [1.54, 1.807) is 23.5 Å². The molecule has 3 heterocycles. The number of anilines is 1. The van der Waals surface area contributed by atoms with Gasteiger partial charge >= 0.3 is 0 Å². The van der Waals surface area contributed by atoms with Crippen molar-refractivity contribution in [2.75, 3.05) is 31.1 Å². The van der Waals surface area contributed by atoms with Crippen molar-refractivity contribution in [3.8, 4) is 0 Å². The molecule has 4 aromatic rings. The zero-order valence-electron chi connectivity index (χ0n) is 18.9. The first-order valence-corrected chi connectivity index (χ1v) is 12.1. The average Bonchev–Trinajstić information content (AvgIpc) is 3.51. The van der Waals surface area contributed by atoms with Gasteiger partial charge in [0.2, 0.25) is 0 Å². The monoisotopic (exact) mass is 462 g/mol. The van der Waals surface area contributed by atoms with Gasteiger partial charge in [-0.1, -0.05) is 30.3 Å². The zero-order valence-corrected chi connectivity index (χ0v) is 19.7. The lowest BCUT2D eigenvalue weighted by Gasteiger charge is -2.40. The van der Waals surface area contributed by atoms with Gasteiger partial charge in [-0.25, -0.2) is 9.07 Å². The summed E-state index contributed by atoms with van der Waals surface area (Å²) in [5.74, 6) is 0.579. The van der Waals surface area contributed by atoms with Crippen LogP contribution in [-0.4, -0.2) is 51.3 Å². The molecule has 1 saturated heterocycles. The maximum atomic E-state index is 13.3. The van der Waals surface area contributed by atoms with Crippen LogP contribution in [-0.2, 0) is 6.54 Å². The molecule has 170 valence electrons. The largest absolute Gasteiger partial charge is 0.369 e. The number of rotatable bonds is 6. The third-order valence-corrected chi connectivity index (χ3v) is 7.17. The number of halogens is 1. The number of tetrazole rings is 1. The Balaban J connectivity index is 1.39. The van der Waals surface area contributed by atoms with Crippen molar-refractivity contribution in [2.24, 2.45) is 0 Å². The maximum absolute atomic E-state index is 13.3. The van der Waals surface area contributed by atoms with E-state index in [1.807, 2.05) is 4.68 Å². The lowest BCUT2D eigenvalue weighted by atomic mass is 10.1. The summed E-state index contributed by atoms with van der Waals surface area (Å²) in [5.41, 5.74) is 4.89. The topological polar surface area (TPSA) is 50.1 Å². The Morgan fingerprint density at radius 3 is 2.52 bits per heavy atom. The second-order valence-electron chi connectivity index (χ2n) is 8.55. The normalized spacial score (nSPS) is 15.7. The van der Waals surface area contributed by atoms with E-state index in [4.69, 9.17) is 0 Å². The van der Waals surface area contributed by atoms with Crippen molar-refractivity contribution in [1.82, 2.24) is 25.1 Å². The minimum Gasteiger partial charge on any atom is -0.369 e. The van der Waals surface area contributed by atoms with E-state index in [-0.39, 0.29) is 11.9 Å². The second kappa shape index (κ2) is 9.41. The van der Waals surface area contributed by atoms with Crippen molar-refractivity contribution < 1.29 is 4.39 Å². The first-order chi connectivity index (χ1) is 16.1. The van der Waals surface area contributed by atoms with Gasteiger partial charge < -0.3 is 4.90 Å². The minimum absolute atomic E-state index is 0.0128. The molecule has 0 radical (unpaired) electrons. The third-order valence-electron chi connectivity index (χ3n) is 6.25. The molecule has 8 heteroatoms. The minimum atomic E-state index is -0.242. The lowest BCUT2D eigenvalue weighted by Crippen LogP contribution is -2.48. The smallest absolute Gasteiger partial charge is 0.174 e. The molecule has 5 rings (SSSR count). The number of piperazine rings is 1. The fraction of sp³-hybridized carbons (Fsp3) is 0.320. The first-order valence-electron chi connectivity index (χ1n) is 11.2. The van der Waals surface area contributed by atoms with Crippen LogP contribution in [0.3, 0.4) is 0 Å². The van der Waals surface area contributed by atoms with Gasteiger partial charge in [-0.2, -0.15) is 0 Å². The van der Waals surface area contributed by atoms with Crippen LogP contribution >= 0.6 is 11.3 Å². The Bertz CT molecular complexity index is 1200. The van der Waals surface area contributed by atoms with Crippen LogP contribution in [0.15, 0.2) is 60.0 Å². The molecule has 0 unspecified atom stereocenters. The van der Waals surface area contributed by atoms with Gasteiger partial charge in [-0.15, -0.1) is 16.4 Å². The number of thiophene rings is 1. The Labute approximate surface area is 197 Å². The van der Waals surface area contributed by atoms with E-state index in [0.717, 1.165) is 37.6 Å². The molecule has 0 aliphatic carbocycles. The molecule has 0 saturated carbocycles. The van der Waals surface area contributed by atoms with Crippen LogP contribution < -0.4 is 4.90 Å². The number of nitrogens with zero attached hydrogens (tertiary/aromatic N) is 6. The maximum Gasteiger partial charge on any atom is 0.174 e. The summed E-state index contributed by atoms with van der Waals surface area (Å²) >= 11 is 1.73. The average molecular weight is 463 g/mol. The van der Waals surface area contributed by atoms with Crippen molar-refractivity contribution in [1.29, 1.82) is 0 Å². The van der Waals surface area contributed by atoms with Crippen LogP contribution in [0, 0.1) is 19.7 Å². The predicted molar refractivity (Wildman–Crippen MR) is 129 cm³/mol. The highest BCUT2D eigenvalue weighted by Gasteiger charge is 2.31. The molecule has 1 fully saturated rings. The summed E-state index contributed by atoms with van der Waals surface area (Å²) in [4.78, 5) is 6.18. The van der Waals surface area contributed by atoms with E-state index in [0.29, 0.717) is 6.54 Å². The molecule has 0 bridgehead atoms. The number of aromatic nitrogens is 4. The Morgan fingerprint density at radius 2 is 1.79 bits per heavy atom. The van der Waals surface area contributed by atoms with Gasteiger partial charge in [-0.05, 0) is 70.6 Å². The van der Waals surface area contributed by atoms with Gasteiger partial charge in [0.05, 0.1) is 6.54 Å². The number of hydrogen-bond acceptors (Lipinski definition) is 6. The predicted octanol–water partition coefficient (Wildman–Crippen LogP) is 4.45. The fourth-order valence-corrected chi connectivity index (χ4v) is 5.34. The quantitative estimate of drug-likeness (QED) is 0.424. The highest BCUT2D eigenvalue weighted by atomic mass is 32.1. The molecular weight excluding hydrogens is 435 g/mol. The standard InChI is InChI=1S/C25H27FN6S/c1-18-5-6-19(2)22(16-18)30-11-13-31(14-12-30)24(23-4-3-15-33-23)25-27-28-29-32(25)17-20-7-9-21(26)10-8-20/h3-10,15-16,24H,11-14,17H2,1-2H3/t24-/m0/s1. The van der Waals surface area contributed by atoms with Gasteiger partial charge in [0.25, 0.3) is 0 Å². The Morgan fingerprint density at radius 1 is 1.00 bits per heavy atom. The van der Waals surface area contributed by atoms with Crippen LogP contribution in [0.5, 0.6) is 0 Å². The summed E-state index contributed by atoms with van der Waals surface area (Å²) in [6.07, 6.45) is 0. The van der Waals surface area contributed by atoms with E-state index >= 15 is 0 Å². The molecule has 1 aliphatic rings. The van der Waals surface area contributed by atoms with Crippen molar-refractivity contribution in [2.45, 2.75) is 26.4 Å². The second-order valence-corrected chi connectivity index (χ2v) is 9.53. The number of hydrogen-bond donors (Lipinski definition) is 0. The molecule has 1 aliphatic heterocycles. The van der Waals surface area contributed by atoms with Crippen molar-refractivity contribution in [3.05, 3.63) is 93.2 Å². The summed E-state index contributed by atoms with van der Waals surface area (Å²) in [6, 6.07) is 17.4. The molecule has 0 spiro atoms. The summed E-state index contributed by atoms with van der Waals surface area (Å²) in [6.45, 7) is 8.56. The molecular formula is C25H27FN6S. The van der Waals surface area contributed by atoms with Gasteiger partial charge in [-0.3, -0.25) is 4.90 Å². The summed E-state index contributed by atoms with van der Waals surface area (Å²) in [7, 11) is 0. The van der Waals surface area contributed by atoms with Crippen molar-refractivity contribution in [3.63, 3.8) is 0 Å². The van der Waals surface area contributed by atoms with Crippen LogP contribution in [0.2, 0.25) is 0 Å². The number of aryl methyl sites for hydroxylation is 2. The van der Waals surface area contributed by atoms with Crippen molar-refractivity contribution >= 4 is 17.0 Å². The molecule has 2 aromatic heterocycles. The summed E-state index contributed by atoms with van der Waals surface area (Å²) < 4.78 is 15.2. The highest BCUT2D eigenvalue weighted by Crippen LogP contribution is 2.32. The summed E-state index contributed by atoms with van der Waals surface area (Å²) in [5, 5.41) is 14.8. The molecule has 6 nitrogen and oxygen atoms in total. The molecule has 33 heavy (non-hydrogen) atoms. The van der Waals surface area contributed by atoms with E-state index in [2.05, 4.69) is 74.9 Å². The van der Waals surface area contributed by atoms with Gasteiger partial charge in [0, 0.05) is 36.7 Å². The first kappa shape index (κ1) is 21.7. The molecule has 1 atom stereocenters. The molecule has 2 aromatic carbocycles. The van der Waals surface area contributed by atoms with Crippen LogP contribution in [0.25, 0.3) is 0 Å². The SMILES string of the molecule is Cc1ccc(C)c(N2CCN([C@@H](c3cccs3)c3nnnn3Cc3ccc(F)cc3)CC2)c1. The van der Waals surface area contributed by atoms with E-state index in [1.165, 1.54) is 33.8 Å². The van der Waals surface area contributed by atoms with Gasteiger partial charge in [0.1, 0.15) is 11.9 Å². The van der Waals surface area contributed by atoms with E-state index < -0.39 is 0 Å². The lowest BCUT2D eigenvalue weighted by molar-refractivity contribution is 0.203.